The number of hydrogen-bond donors (Lipinski definition) is 1. The number of imide groups is 1. The van der Waals surface area contributed by atoms with E-state index in [4.69, 9.17) is 0 Å². The molecule has 1 unspecified atom stereocenters. The van der Waals surface area contributed by atoms with E-state index in [0.29, 0.717) is 30.3 Å². The third-order valence-corrected chi connectivity index (χ3v) is 6.87. The van der Waals surface area contributed by atoms with E-state index in [1.165, 1.54) is 11.8 Å². The molecule has 1 atom stereocenters. The highest BCUT2D eigenvalue weighted by molar-refractivity contribution is 7.13. The van der Waals surface area contributed by atoms with E-state index < -0.39 is 6.04 Å². The predicted octanol–water partition coefficient (Wildman–Crippen LogP) is 2.33. The van der Waals surface area contributed by atoms with Gasteiger partial charge < -0.3 is 5.32 Å². The van der Waals surface area contributed by atoms with Crippen molar-refractivity contribution in [2.24, 2.45) is 0 Å². The van der Waals surface area contributed by atoms with Crippen molar-refractivity contribution in [1.29, 1.82) is 0 Å². The van der Waals surface area contributed by atoms with Crippen LogP contribution in [0.4, 0.5) is 11.4 Å². The largest absolute Gasteiger partial charge is 0.326 e. The van der Waals surface area contributed by atoms with Crippen LogP contribution >= 0.6 is 11.3 Å². The molecule has 0 spiro atoms. The fourth-order valence-electron chi connectivity index (χ4n) is 4.38. The Morgan fingerprint density at radius 3 is 2.55 bits per heavy atom. The van der Waals surface area contributed by atoms with Crippen molar-refractivity contribution in [3.05, 3.63) is 41.8 Å². The standard InChI is InChI=1S/C22H23N7O3S/c1-14(30)23-15-4-6-16(7-5-15)28-20(31)13-18(22(28)32)27-10-8-17(9-11-27)29-25-21(24-26-29)19-3-2-12-33-19/h2-7,12,17-18H,8-11,13H2,1H3,(H,23,30). The number of aromatic nitrogens is 4. The maximum atomic E-state index is 13.1. The molecule has 10 nitrogen and oxygen atoms in total. The van der Waals surface area contributed by atoms with Crippen LogP contribution in [0.3, 0.4) is 0 Å². The average Bonchev–Trinajstić information content (AvgIpc) is 3.55. The minimum absolute atomic E-state index is 0.118. The number of likely N-dealkylation sites (tertiary alicyclic amines) is 1. The highest BCUT2D eigenvalue weighted by Crippen LogP contribution is 2.30. The Morgan fingerprint density at radius 2 is 1.88 bits per heavy atom. The van der Waals surface area contributed by atoms with Crippen molar-refractivity contribution in [1.82, 2.24) is 25.1 Å². The van der Waals surface area contributed by atoms with Gasteiger partial charge in [-0.2, -0.15) is 4.80 Å². The van der Waals surface area contributed by atoms with E-state index in [9.17, 15) is 14.4 Å². The number of hydrogen-bond acceptors (Lipinski definition) is 8. The summed E-state index contributed by atoms with van der Waals surface area (Å²) in [5.41, 5.74) is 1.14. The molecule has 2 fully saturated rings. The molecule has 0 bridgehead atoms. The maximum Gasteiger partial charge on any atom is 0.251 e. The van der Waals surface area contributed by atoms with Crippen molar-refractivity contribution in [2.75, 3.05) is 23.3 Å². The van der Waals surface area contributed by atoms with Gasteiger partial charge in [0, 0.05) is 25.7 Å². The number of carbonyl (C=O) groups is 3. The average molecular weight is 466 g/mol. The zero-order valence-electron chi connectivity index (χ0n) is 18.0. The Labute approximate surface area is 194 Å². The first-order valence-corrected chi connectivity index (χ1v) is 11.7. The van der Waals surface area contributed by atoms with Gasteiger partial charge in [0.15, 0.2) is 0 Å². The summed E-state index contributed by atoms with van der Waals surface area (Å²) in [7, 11) is 0. The number of carbonyl (C=O) groups excluding carboxylic acids is 3. The zero-order valence-corrected chi connectivity index (χ0v) is 18.9. The molecule has 5 rings (SSSR count). The van der Waals surface area contributed by atoms with Gasteiger partial charge >= 0.3 is 0 Å². The Bertz CT molecular complexity index is 1170. The molecule has 170 valence electrons. The van der Waals surface area contributed by atoms with E-state index in [-0.39, 0.29) is 30.2 Å². The number of nitrogens with one attached hydrogen (secondary N) is 1. The normalized spacial score (nSPS) is 19.9. The molecular formula is C22H23N7O3S. The number of anilines is 2. The highest BCUT2D eigenvalue weighted by atomic mass is 32.1. The Morgan fingerprint density at radius 1 is 1.12 bits per heavy atom. The van der Waals surface area contributed by atoms with Gasteiger partial charge in [0.25, 0.3) is 5.91 Å². The summed E-state index contributed by atoms with van der Waals surface area (Å²) in [5.74, 6) is 0.0371. The molecule has 4 heterocycles. The minimum atomic E-state index is -0.459. The molecule has 2 aromatic heterocycles. The van der Waals surface area contributed by atoms with Crippen LogP contribution in [-0.4, -0.2) is 62.0 Å². The van der Waals surface area contributed by atoms with Crippen LogP contribution in [0.15, 0.2) is 41.8 Å². The molecular weight excluding hydrogens is 442 g/mol. The topological polar surface area (TPSA) is 113 Å². The van der Waals surface area contributed by atoms with Crippen molar-refractivity contribution >= 4 is 40.4 Å². The lowest BCUT2D eigenvalue weighted by Crippen LogP contribution is -2.46. The van der Waals surface area contributed by atoms with Gasteiger partial charge in [0.1, 0.15) is 0 Å². The quantitative estimate of drug-likeness (QED) is 0.575. The second-order valence-electron chi connectivity index (χ2n) is 8.19. The van der Waals surface area contributed by atoms with Gasteiger partial charge in [0.05, 0.1) is 29.1 Å². The van der Waals surface area contributed by atoms with Crippen molar-refractivity contribution in [2.45, 2.75) is 38.3 Å². The Balaban J connectivity index is 1.22. The van der Waals surface area contributed by atoms with Crippen LogP contribution in [0.2, 0.25) is 0 Å². The first-order valence-electron chi connectivity index (χ1n) is 10.8. The lowest BCUT2D eigenvalue weighted by Gasteiger charge is -2.34. The molecule has 2 aliphatic heterocycles. The van der Waals surface area contributed by atoms with Gasteiger partial charge in [-0.25, -0.2) is 4.90 Å². The fraction of sp³-hybridized carbons (Fsp3) is 0.364. The summed E-state index contributed by atoms with van der Waals surface area (Å²) in [6.07, 6.45) is 1.73. The van der Waals surface area contributed by atoms with Gasteiger partial charge in [-0.15, -0.1) is 21.5 Å². The second kappa shape index (κ2) is 8.83. The Kier molecular flexibility index (Phi) is 5.73. The smallest absolute Gasteiger partial charge is 0.251 e. The second-order valence-corrected chi connectivity index (χ2v) is 9.14. The van der Waals surface area contributed by atoms with Crippen LogP contribution in [0.25, 0.3) is 10.7 Å². The molecule has 3 amide bonds. The van der Waals surface area contributed by atoms with E-state index in [0.717, 1.165) is 17.7 Å². The first-order chi connectivity index (χ1) is 16.0. The lowest BCUT2D eigenvalue weighted by atomic mass is 10.0. The van der Waals surface area contributed by atoms with E-state index >= 15 is 0 Å². The molecule has 1 N–H and O–H groups in total. The SMILES string of the molecule is CC(=O)Nc1ccc(N2C(=O)CC(N3CCC(n4nnc(-c5cccs5)n4)CC3)C2=O)cc1. The molecule has 2 saturated heterocycles. The monoisotopic (exact) mass is 465 g/mol. The number of tetrazole rings is 1. The van der Waals surface area contributed by atoms with Crippen LogP contribution < -0.4 is 10.2 Å². The summed E-state index contributed by atoms with van der Waals surface area (Å²) >= 11 is 1.58. The van der Waals surface area contributed by atoms with E-state index in [1.54, 1.807) is 40.4 Å². The number of amides is 3. The summed E-state index contributed by atoms with van der Waals surface area (Å²) in [6, 6.07) is 10.3. The van der Waals surface area contributed by atoms with E-state index in [2.05, 4.69) is 25.6 Å². The maximum absolute atomic E-state index is 13.1. The lowest BCUT2D eigenvalue weighted by molar-refractivity contribution is -0.123. The minimum Gasteiger partial charge on any atom is -0.326 e. The summed E-state index contributed by atoms with van der Waals surface area (Å²) < 4.78 is 0. The molecule has 0 radical (unpaired) electrons. The van der Waals surface area contributed by atoms with Crippen LogP contribution in [0, 0.1) is 0 Å². The molecule has 3 aromatic rings. The van der Waals surface area contributed by atoms with E-state index in [1.807, 2.05) is 17.5 Å². The van der Waals surface area contributed by atoms with Gasteiger partial charge in [0.2, 0.25) is 17.6 Å². The number of rotatable bonds is 5. The third kappa shape index (κ3) is 4.29. The summed E-state index contributed by atoms with van der Waals surface area (Å²) in [4.78, 5) is 43.0. The molecule has 11 heteroatoms. The van der Waals surface area contributed by atoms with Crippen molar-refractivity contribution < 1.29 is 14.4 Å². The summed E-state index contributed by atoms with van der Waals surface area (Å²) in [6.45, 7) is 2.79. The van der Waals surface area contributed by atoms with Crippen molar-refractivity contribution in [3.8, 4) is 10.7 Å². The number of piperidine rings is 1. The van der Waals surface area contributed by atoms with Crippen LogP contribution in [0.5, 0.6) is 0 Å². The van der Waals surface area contributed by atoms with Crippen LogP contribution in [-0.2, 0) is 14.4 Å². The van der Waals surface area contributed by atoms with Crippen molar-refractivity contribution in [3.63, 3.8) is 0 Å². The third-order valence-electron chi connectivity index (χ3n) is 6.00. The first kappa shape index (κ1) is 21.4. The molecule has 33 heavy (non-hydrogen) atoms. The fourth-order valence-corrected chi connectivity index (χ4v) is 5.03. The molecule has 0 aliphatic carbocycles. The van der Waals surface area contributed by atoms with Gasteiger partial charge in [-0.05, 0) is 53.8 Å². The van der Waals surface area contributed by atoms with Gasteiger partial charge in [-0.1, -0.05) is 6.07 Å². The van der Waals surface area contributed by atoms with Gasteiger partial charge in [-0.3, -0.25) is 19.3 Å². The Hall–Kier alpha value is -3.44. The summed E-state index contributed by atoms with van der Waals surface area (Å²) in [5, 5.41) is 17.6. The number of nitrogens with zero attached hydrogens (tertiary/aromatic N) is 6. The predicted molar refractivity (Wildman–Crippen MR) is 123 cm³/mol. The zero-order chi connectivity index (χ0) is 22.9. The highest BCUT2D eigenvalue weighted by Gasteiger charge is 2.43. The molecule has 1 aromatic carbocycles. The number of thiophene rings is 1. The van der Waals surface area contributed by atoms with Crippen LogP contribution in [0.1, 0.15) is 32.2 Å². The number of benzene rings is 1. The molecule has 0 saturated carbocycles. The molecule has 2 aliphatic rings.